The van der Waals surface area contributed by atoms with Crippen molar-refractivity contribution in [3.8, 4) is 0 Å². The van der Waals surface area contributed by atoms with E-state index in [-0.39, 0.29) is 42.4 Å². The van der Waals surface area contributed by atoms with Crippen LogP contribution in [0.2, 0.25) is 0 Å². The van der Waals surface area contributed by atoms with Gasteiger partial charge < -0.3 is 15.4 Å². The molecule has 0 unspecified atom stereocenters. The highest BCUT2D eigenvalue weighted by molar-refractivity contribution is 5.97. The number of nitrogens with zero attached hydrogens (tertiary/aromatic N) is 3. The third-order valence-corrected chi connectivity index (χ3v) is 6.66. The molecule has 10 heteroatoms. The van der Waals surface area contributed by atoms with Crippen molar-refractivity contribution >= 4 is 23.4 Å². The van der Waals surface area contributed by atoms with E-state index in [1.807, 2.05) is 11.8 Å². The zero-order valence-corrected chi connectivity index (χ0v) is 20.5. The number of rotatable bonds is 13. The van der Waals surface area contributed by atoms with Gasteiger partial charge in [0.05, 0.1) is 19.6 Å². The predicted octanol–water partition coefficient (Wildman–Crippen LogP) is 1.86. The lowest BCUT2D eigenvalue weighted by molar-refractivity contribution is -0.143. The van der Waals surface area contributed by atoms with Crippen LogP contribution in [0.3, 0.4) is 0 Å². The number of hydrogen-bond donors (Lipinski definition) is 2. The minimum atomic E-state index is -0.629. The van der Waals surface area contributed by atoms with Crippen LogP contribution >= 0.6 is 0 Å². The fraction of sp³-hybridized carbons (Fsp3) is 0.750. The molecule has 3 rings (SSSR count). The van der Waals surface area contributed by atoms with E-state index < -0.39 is 11.2 Å². The van der Waals surface area contributed by atoms with Gasteiger partial charge in [-0.1, -0.05) is 26.2 Å². The maximum Gasteiger partial charge on any atom is 0.330 e. The lowest BCUT2D eigenvalue weighted by Gasteiger charge is -2.32. The smallest absolute Gasteiger partial charge is 0.330 e. The van der Waals surface area contributed by atoms with E-state index in [1.54, 1.807) is 6.92 Å². The molecule has 0 aliphatic heterocycles. The Labute approximate surface area is 200 Å². The van der Waals surface area contributed by atoms with Gasteiger partial charge in [0.25, 0.3) is 5.56 Å². The van der Waals surface area contributed by atoms with E-state index in [1.165, 1.54) is 9.47 Å². The van der Waals surface area contributed by atoms with E-state index in [9.17, 15) is 19.2 Å². The van der Waals surface area contributed by atoms with Gasteiger partial charge in [-0.25, -0.2) is 4.79 Å². The maximum absolute atomic E-state index is 13.7. The number of unbranched alkanes of at least 4 members (excludes halogenated alkanes) is 1. The van der Waals surface area contributed by atoms with Crippen LogP contribution in [-0.4, -0.2) is 58.6 Å². The summed E-state index contributed by atoms with van der Waals surface area (Å²) in [4.78, 5) is 56.8. The molecule has 1 aromatic heterocycles. The topological polar surface area (TPSA) is 131 Å². The number of nitrogens with two attached hydrogens (primary N) is 1. The van der Waals surface area contributed by atoms with Crippen molar-refractivity contribution in [2.75, 3.05) is 36.9 Å². The Hall–Kier alpha value is -2.62. The quantitative estimate of drug-likeness (QED) is 0.415. The van der Waals surface area contributed by atoms with Crippen LogP contribution in [0.15, 0.2) is 9.59 Å². The number of anilines is 2. The molecule has 0 spiro atoms. The summed E-state index contributed by atoms with van der Waals surface area (Å²) in [7, 11) is 0. The summed E-state index contributed by atoms with van der Waals surface area (Å²) in [5.74, 6) is 0.0587. The first-order chi connectivity index (χ1) is 16.3. The predicted molar refractivity (Wildman–Crippen MR) is 131 cm³/mol. The van der Waals surface area contributed by atoms with Crippen LogP contribution in [-0.2, 0) is 20.9 Å². The molecule has 0 radical (unpaired) electrons. The first kappa shape index (κ1) is 26.0. The molecule has 1 aromatic rings. The van der Waals surface area contributed by atoms with Gasteiger partial charge in [-0.15, -0.1) is 0 Å². The molecule has 10 nitrogen and oxygen atoms in total. The number of carbonyl (C=O) groups excluding carboxylic acids is 2. The number of H-pyrrole nitrogens is 1. The monoisotopic (exact) mass is 477 g/mol. The number of aromatic amines is 1. The van der Waals surface area contributed by atoms with Gasteiger partial charge in [0.2, 0.25) is 5.91 Å². The minimum absolute atomic E-state index is 0.0442. The number of nitrogen functional groups attached to an aromatic ring is 1. The Bertz CT molecular complexity index is 961. The fourth-order valence-electron chi connectivity index (χ4n) is 4.67. The third kappa shape index (κ3) is 6.71. The highest BCUT2D eigenvalue weighted by Gasteiger charge is 2.34. The molecule has 1 amide bonds. The second kappa shape index (κ2) is 12.2. The molecular formula is C24H39N5O5. The highest BCUT2D eigenvalue weighted by atomic mass is 16.5. The second-order valence-corrected chi connectivity index (χ2v) is 9.43. The maximum atomic E-state index is 13.7. The number of amides is 1. The van der Waals surface area contributed by atoms with Gasteiger partial charge >= 0.3 is 11.7 Å². The molecule has 0 saturated heterocycles. The summed E-state index contributed by atoms with van der Waals surface area (Å²) in [6, 6.07) is -0.138. The van der Waals surface area contributed by atoms with Crippen molar-refractivity contribution < 1.29 is 14.3 Å². The number of hydrogen-bond acceptors (Lipinski definition) is 7. The molecule has 34 heavy (non-hydrogen) atoms. The SMILES string of the molecule is CCCCn1c(N)c(N(C(=O)CN(CCC(=O)OCC)CC2CC2)C2CCCC2)c(=O)[nH]c1=O. The van der Waals surface area contributed by atoms with Gasteiger partial charge in [-0.05, 0) is 44.9 Å². The molecule has 0 atom stereocenters. The van der Waals surface area contributed by atoms with Gasteiger partial charge in [0, 0.05) is 25.7 Å². The van der Waals surface area contributed by atoms with Crippen LogP contribution in [0.4, 0.5) is 11.5 Å². The number of carbonyl (C=O) groups is 2. The zero-order valence-electron chi connectivity index (χ0n) is 20.5. The van der Waals surface area contributed by atoms with Crippen molar-refractivity contribution in [2.45, 2.75) is 84.2 Å². The third-order valence-electron chi connectivity index (χ3n) is 6.66. The first-order valence-corrected chi connectivity index (χ1v) is 12.7. The molecule has 2 aliphatic rings. The molecule has 2 aliphatic carbocycles. The number of aromatic nitrogens is 2. The summed E-state index contributed by atoms with van der Waals surface area (Å²) in [5.41, 5.74) is 5.25. The van der Waals surface area contributed by atoms with Gasteiger partial charge in [-0.3, -0.25) is 28.8 Å². The van der Waals surface area contributed by atoms with Crippen LogP contribution in [0, 0.1) is 5.92 Å². The molecule has 3 N–H and O–H groups in total. The molecule has 2 fully saturated rings. The zero-order chi connectivity index (χ0) is 24.7. The van der Waals surface area contributed by atoms with E-state index in [2.05, 4.69) is 4.98 Å². The molecule has 2 saturated carbocycles. The molecule has 0 bridgehead atoms. The summed E-state index contributed by atoms with van der Waals surface area (Å²) >= 11 is 0. The largest absolute Gasteiger partial charge is 0.466 e. The Morgan fingerprint density at radius 3 is 2.47 bits per heavy atom. The molecule has 1 heterocycles. The summed E-state index contributed by atoms with van der Waals surface area (Å²) < 4.78 is 6.41. The van der Waals surface area contributed by atoms with Gasteiger partial charge in [-0.2, -0.15) is 0 Å². The van der Waals surface area contributed by atoms with E-state index in [4.69, 9.17) is 10.5 Å². The van der Waals surface area contributed by atoms with E-state index in [0.29, 0.717) is 25.6 Å². The number of esters is 1. The average Bonchev–Trinajstić information content (AvgIpc) is 3.44. The van der Waals surface area contributed by atoms with Crippen molar-refractivity contribution in [3.63, 3.8) is 0 Å². The van der Waals surface area contributed by atoms with Crippen molar-refractivity contribution in [2.24, 2.45) is 5.92 Å². The number of ether oxygens (including phenoxy) is 1. The molecular weight excluding hydrogens is 438 g/mol. The normalized spacial score (nSPS) is 16.2. The Balaban J connectivity index is 1.88. The Morgan fingerprint density at radius 1 is 1.15 bits per heavy atom. The van der Waals surface area contributed by atoms with Crippen molar-refractivity contribution in [3.05, 3.63) is 20.8 Å². The molecule has 190 valence electrons. The summed E-state index contributed by atoms with van der Waals surface area (Å²) in [6.45, 7) is 5.71. The standard InChI is InChI=1S/C24H39N5O5/c1-3-5-13-28-22(25)21(23(32)26-24(28)33)29(18-8-6-7-9-18)19(30)16-27(15-17-10-11-17)14-12-20(31)34-4-2/h17-18H,3-16,25H2,1-2H3,(H,26,32,33). The van der Waals surface area contributed by atoms with Crippen LogP contribution in [0.5, 0.6) is 0 Å². The lowest BCUT2D eigenvalue weighted by Crippen LogP contribution is -2.49. The highest BCUT2D eigenvalue weighted by Crippen LogP contribution is 2.31. The minimum Gasteiger partial charge on any atom is -0.466 e. The van der Waals surface area contributed by atoms with E-state index in [0.717, 1.165) is 57.9 Å². The lowest BCUT2D eigenvalue weighted by atomic mass is 10.1. The van der Waals surface area contributed by atoms with Crippen LogP contribution < -0.4 is 21.9 Å². The average molecular weight is 478 g/mol. The van der Waals surface area contributed by atoms with Gasteiger partial charge in [0.1, 0.15) is 5.82 Å². The summed E-state index contributed by atoms with van der Waals surface area (Å²) in [5, 5.41) is 0. The number of nitrogens with one attached hydrogen (secondary N) is 1. The van der Waals surface area contributed by atoms with Gasteiger partial charge in [0.15, 0.2) is 5.69 Å². The van der Waals surface area contributed by atoms with E-state index >= 15 is 0 Å². The Morgan fingerprint density at radius 2 is 1.85 bits per heavy atom. The fourth-order valence-corrected chi connectivity index (χ4v) is 4.67. The summed E-state index contributed by atoms with van der Waals surface area (Å²) in [6.07, 6.45) is 7.54. The van der Waals surface area contributed by atoms with Crippen molar-refractivity contribution in [1.29, 1.82) is 0 Å². The Kier molecular flexibility index (Phi) is 9.32. The van der Waals surface area contributed by atoms with Crippen molar-refractivity contribution in [1.82, 2.24) is 14.5 Å². The second-order valence-electron chi connectivity index (χ2n) is 9.43. The van der Waals surface area contributed by atoms with Crippen LogP contribution in [0.1, 0.15) is 71.6 Å². The first-order valence-electron chi connectivity index (χ1n) is 12.7. The van der Waals surface area contributed by atoms with Crippen LogP contribution in [0.25, 0.3) is 0 Å². The molecule has 0 aromatic carbocycles.